The molecule has 1 heterocycles. The number of nitrogens with zero attached hydrogens (tertiary/aromatic N) is 2. The number of rotatable bonds is 6. The first-order valence-electron chi connectivity index (χ1n) is 8.95. The highest BCUT2D eigenvalue weighted by Crippen LogP contribution is 2.24. The lowest BCUT2D eigenvalue weighted by Crippen LogP contribution is -2.36. The van der Waals surface area contributed by atoms with Crippen molar-refractivity contribution in [3.8, 4) is 11.4 Å². The molecule has 0 aliphatic heterocycles. The van der Waals surface area contributed by atoms with Gasteiger partial charge in [0, 0.05) is 18.2 Å². The van der Waals surface area contributed by atoms with Crippen LogP contribution < -0.4 is 10.1 Å². The van der Waals surface area contributed by atoms with E-state index in [9.17, 15) is 4.79 Å². The van der Waals surface area contributed by atoms with E-state index in [1.807, 2.05) is 43.3 Å². The van der Waals surface area contributed by atoms with Crippen LogP contribution in [0.4, 0.5) is 0 Å². The Bertz CT molecular complexity index is 930. The molecule has 0 fully saturated rings. The van der Waals surface area contributed by atoms with E-state index in [2.05, 4.69) is 36.4 Å². The summed E-state index contributed by atoms with van der Waals surface area (Å²) in [5.41, 5.74) is 3.29. The second-order valence-corrected chi connectivity index (χ2v) is 7.25. The van der Waals surface area contributed by atoms with Gasteiger partial charge in [-0.25, -0.2) is 4.68 Å². The summed E-state index contributed by atoms with van der Waals surface area (Å²) < 4.78 is 7.07. The minimum atomic E-state index is -0.190. The SMILES string of the molecule is COc1ccc(C)cc1-n1ccc(C(=O)NCC(C)(C)c2ccccc2)n1. The lowest BCUT2D eigenvalue weighted by Gasteiger charge is -2.25. The molecular weight excluding hydrogens is 338 g/mol. The molecule has 1 amide bonds. The van der Waals surface area contributed by atoms with Crippen molar-refractivity contribution < 1.29 is 9.53 Å². The highest BCUT2D eigenvalue weighted by molar-refractivity contribution is 5.92. The number of hydrogen-bond acceptors (Lipinski definition) is 3. The summed E-state index contributed by atoms with van der Waals surface area (Å²) in [5.74, 6) is 0.519. The molecule has 1 N–H and O–H groups in total. The van der Waals surface area contributed by atoms with Gasteiger partial charge in [-0.3, -0.25) is 4.79 Å². The molecule has 140 valence electrons. The average Bonchev–Trinajstić information content (AvgIpc) is 3.17. The number of amides is 1. The topological polar surface area (TPSA) is 56.1 Å². The van der Waals surface area contributed by atoms with E-state index in [1.165, 1.54) is 5.56 Å². The summed E-state index contributed by atoms with van der Waals surface area (Å²) in [6, 6.07) is 17.7. The summed E-state index contributed by atoms with van der Waals surface area (Å²) in [6.07, 6.45) is 1.77. The van der Waals surface area contributed by atoms with Crippen LogP contribution >= 0.6 is 0 Å². The molecule has 5 nitrogen and oxygen atoms in total. The minimum Gasteiger partial charge on any atom is -0.494 e. The number of carbonyl (C=O) groups excluding carboxylic acids is 1. The monoisotopic (exact) mass is 363 g/mol. The Morgan fingerprint density at radius 2 is 1.89 bits per heavy atom. The molecule has 0 radical (unpaired) electrons. The summed E-state index contributed by atoms with van der Waals surface area (Å²) in [7, 11) is 1.62. The van der Waals surface area contributed by atoms with E-state index in [0.29, 0.717) is 18.0 Å². The van der Waals surface area contributed by atoms with Crippen LogP contribution in [0.25, 0.3) is 5.69 Å². The zero-order valence-corrected chi connectivity index (χ0v) is 16.2. The third-order valence-corrected chi connectivity index (χ3v) is 4.65. The molecule has 3 aromatic rings. The van der Waals surface area contributed by atoms with Crippen LogP contribution in [0.15, 0.2) is 60.8 Å². The van der Waals surface area contributed by atoms with Crippen LogP contribution in [0.3, 0.4) is 0 Å². The molecule has 27 heavy (non-hydrogen) atoms. The van der Waals surface area contributed by atoms with Crippen LogP contribution in [-0.4, -0.2) is 29.3 Å². The standard InChI is InChI=1S/C22H25N3O2/c1-16-10-11-20(27-4)19(14-16)25-13-12-18(24-25)21(26)23-15-22(2,3)17-8-6-5-7-9-17/h5-14H,15H2,1-4H3,(H,23,26). The van der Waals surface area contributed by atoms with Gasteiger partial charge in [-0.1, -0.05) is 50.2 Å². The van der Waals surface area contributed by atoms with Gasteiger partial charge in [-0.2, -0.15) is 5.10 Å². The Labute approximate surface area is 160 Å². The van der Waals surface area contributed by atoms with Crippen LogP contribution in [0, 0.1) is 6.92 Å². The van der Waals surface area contributed by atoms with Gasteiger partial charge >= 0.3 is 0 Å². The second kappa shape index (κ2) is 7.66. The van der Waals surface area contributed by atoms with Gasteiger partial charge in [-0.15, -0.1) is 0 Å². The van der Waals surface area contributed by atoms with Crippen LogP contribution in [0.2, 0.25) is 0 Å². The van der Waals surface area contributed by atoms with Crippen molar-refractivity contribution in [2.45, 2.75) is 26.2 Å². The Morgan fingerprint density at radius 1 is 1.15 bits per heavy atom. The van der Waals surface area contributed by atoms with Gasteiger partial charge in [0.1, 0.15) is 11.4 Å². The van der Waals surface area contributed by atoms with Crippen LogP contribution in [0.1, 0.15) is 35.5 Å². The van der Waals surface area contributed by atoms with E-state index >= 15 is 0 Å². The number of hydrogen-bond donors (Lipinski definition) is 1. The minimum absolute atomic E-state index is 0.167. The van der Waals surface area contributed by atoms with Crippen molar-refractivity contribution in [2.24, 2.45) is 0 Å². The molecule has 0 bridgehead atoms. The molecule has 0 atom stereocenters. The maximum atomic E-state index is 12.6. The van der Waals surface area contributed by atoms with E-state index in [4.69, 9.17) is 4.74 Å². The maximum absolute atomic E-state index is 12.6. The summed E-state index contributed by atoms with van der Waals surface area (Å²) >= 11 is 0. The predicted octanol–water partition coefficient (Wildman–Crippen LogP) is 3.90. The third-order valence-electron chi connectivity index (χ3n) is 4.65. The first-order chi connectivity index (χ1) is 12.9. The highest BCUT2D eigenvalue weighted by atomic mass is 16.5. The van der Waals surface area contributed by atoms with E-state index in [0.717, 1.165) is 11.3 Å². The number of carbonyl (C=O) groups is 1. The lowest BCUT2D eigenvalue weighted by atomic mass is 9.84. The van der Waals surface area contributed by atoms with Crippen LogP contribution in [0.5, 0.6) is 5.75 Å². The number of aromatic nitrogens is 2. The zero-order chi connectivity index (χ0) is 19.4. The first kappa shape index (κ1) is 18.7. The van der Waals surface area contributed by atoms with Crippen molar-refractivity contribution >= 4 is 5.91 Å². The van der Waals surface area contributed by atoms with Crippen LogP contribution in [-0.2, 0) is 5.41 Å². The molecular formula is C22H25N3O2. The van der Waals surface area contributed by atoms with Gasteiger partial charge in [0.25, 0.3) is 5.91 Å². The molecule has 2 aromatic carbocycles. The summed E-state index contributed by atoms with van der Waals surface area (Å²) in [5, 5.41) is 7.42. The lowest BCUT2D eigenvalue weighted by molar-refractivity contribution is 0.0940. The summed E-state index contributed by atoms with van der Waals surface area (Å²) in [6.45, 7) is 6.75. The van der Waals surface area contributed by atoms with Crippen molar-refractivity contribution in [2.75, 3.05) is 13.7 Å². The fourth-order valence-electron chi connectivity index (χ4n) is 2.94. The Morgan fingerprint density at radius 3 is 2.59 bits per heavy atom. The second-order valence-electron chi connectivity index (χ2n) is 7.25. The molecule has 5 heteroatoms. The smallest absolute Gasteiger partial charge is 0.271 e. The number of ether oxygens (including phenoxy) is 1. The van der Waals surface area contributed by atoms with Gasteiger partial charge in [-0.05, 0) is 36.2 Å². The molecule has 0 unspecified atom stereocenters. The van der Waals surface area contributed by atoms with E-state index < -0.39 is 0 Å². The predicted molar refractivity (Wildman–Crippen MR) is 107 cm³/mol. The fraction of sp³-hybridized carbons (Fsp3) is 0.273. The van der Waals surface area contributed by atoms with Gasteiger partial charge < -0.3 is 10.1 Å². The van der Waals surface area contributed by atoms with Crippen molar-refractivity contribution in [3.05, 3.63) is 77.6 Å². The van der Waals surface area contributed by atoms with E-state index in [-0.39, 0.29) is 11.3 Å². The Kier molecular flexibility index (Phi) is 5.31. The van der Waals surface area contributed by atoms with Gasteiger partial charge in [0.15, 0.2) is 5.69 Å². The highest BCUT2D eigenvalue weighted by Gasteiger charge is 2.22. The average molecular weight is 363 g/mol. The normalized spacial score (nSPS) is 11.3. The molecule has 0 aliphatic rings. The number of methoxy groups -OCH3 is 1. The number of benzene rings is 2. The van der Waals surface area contributed by atoms with Crippen molar-refractivity contribution in [3.63, 3.8) is 0 Å². The Hall–Kier alpha value is -3.08. The fourth-order valence-corrected chi connectivity index (χ4v) is 2.94. The van der Waals surface area contributed by atoms with Crippen molar-refractivity contribution in [1.82, 2.24) is 15.1 Å². The van der Waals surface area contributed by atoms with Gasteiger partial charge in [0.2, 0.25) is 0 Å². The molecule has 0 spiro atoms. The zero-order valence-electron chi connectivity index (χ0n) is 16.2. The molecule has 3 rings (SSSR count). The third kappa shape index (κ3) is 4.19. The number of nitrogens with one attached hydrogen (secondary N) is 1. The summed E-state index contributed by atoms with van der Waals surface area (Å²) in [4.78, 5) is 12.6. The first-order valence-corrected chi connectivity index (χ1v) is 8.95. The molecule has 0 saturated heterocycles. The molecule has 0 aliphatic carbocycles. The molecule has 1 aromatic heterocycles. The quantitative estimate of drug-likeness (QED) is 0.723. The maximum Gasteiger partial charge on any atom is 0.271 e. The van der Waals surface area contributed by atoms with Crippen molar-refractivity contribution in [1.29, 1.82) is 0 Å². The number of aryl methyl sites for hydroxylation is 1. The largest absolute Gasteiger partial charge is 0.494 e. The van der Waals surface area contributed by atoms with Gasteiger partial charge in [0.05, 0.1) is 7.11 Å². The Balaban J connectivity index is 1.73. The van der Waals surface area contributed by atoms with E-state index in [1.54, 1.807) is 24.1 Å². The molecule has 0 saturated carbocycles.